The molecule has 158 valence electrons. The molecule has 6 nitrogen and oxygen atoms in total. The van der Waals surface area contributed by atoms with E-state index in [-0.39, 0.29) is 17.5 Å². The molecule has 4 aromatic rings. The molecule has 0 spiro atoms. The Kier molecular flexibility index (Phi) is 6.79. The van der Waals surface area contributed by atoms with E-state index >= 15 is 0 Å². The number of aromatic nitrogens is 4. The molecule has 0 fully saturated rings. The van der Waals surface area contributed by atoms with Gasteiger partial charge in [-0.3, -0.25) is 4.79 Å². The minimum Gasteiger partial charge on any atom is -0.302 e. The van der Waals surface area contributed by atoms with E-state index in [9.17, 15) is 9.18 Å². The van der Waals surface area contributed by atoms with Crippen LogP contribution in [0, 0.1) is 5.82 Å². The maximum atomic E-state index is 13.2. The molecule has 0 saturated heterocycles. The zero-order valence-corrected chi connectivity index (χ0v) is 19.6. The molecule has 31 heavy (non-hydrogen) atoms. The van der Waals surface area contributed by atoms with Crippen LogP contribution in [0.4, 0.5) is 9.52 Å². The first-order valence-electron chi connectivity index (χ1n) is 9.36. The number of hydrogen-bond acceptors (Lipinski definition) is 6. The van der Waals surface area contributed by atoms with E-state index in [2.05, 4.69) is 36.4 Å². The van der Waals surface area contributed by atoms with Crippen molar-refractivity contribution in [2.75, 3.05) is 11.1 Å². The first-order valence-corrected chi connectivity index (χ1v) is 12.0. The lowest BCUT2D eigenvalue weighted by molar-refractivity contribution is -0.113. The van der Waals surface area contributed by atoms with E-state index in [1.807, 2.05) is 41.1 Å². The summed E-state index contributed by atoms with van der Waals surface area (Å²) in [6, 6.07) is 14.0. The standard InChI is InChI=1S/C21H17BrFN5OS2/c1-2-28-19(14-5-9-16(23)10-6-14)26-27-21(28)31-12-18(29)25-20-24-17(11-30-20)13-3-7-15(22)8-4-13/h3-11H,2,12H2,1H3,(H,24,25,29). The zero-order chi connectivity index (χ0) is 21.8. The third-order valence-electron chi connectivity index (χ3n) is 4.36. The number of thioether (sulfide) groups is 1. The van der Waals surface area contributed by atoms with Crippen molar-refractivity contribution in [3.8, 4) is 22.6 Å². The Hall–Kier alpha value is -2.56. The number of carbonyl (C=O) groups is 1. The Morgan fingerprint density at radius 2 is 1.84 bits per heavy atom. The molecule has 0 aliphatic carbocycles. The topological polar surface area (TPSA) is 72.7 Å². The molecule has 1 amide bonds. The number of nitrogens with one attached hydrogen (secondary N) is 1. The van der Waals surface area contributed by atoms with Gasteiger partial charge in [0.05, 0.1) is 11.4 Å². The third kappa shape index (κ3) is 5.20. The molecule has 0 aliphatic rings. The Morgan fingerprint density at radius 3 is 2.55 bits per heavy atom. The van der Waals surface area contributed by atoms with Gasteiger partial charge in [-0.25, -0.2) is 9.37 Å². The highest BCUT2D eigenvalue weighted by molar-refractivity contribution is 9.10. The van der Waals surface area contributed by atoms with Crippen LogP contribution in [0.15, 0.2) is 63.5 Å². The summed E-state index contributed by atoms with van der Waals surface area (Å²) < 4.78 is 16.1. The molecule has 10 heteroatoms. The van der Waals surface area contributed by atoms with Crippen LogP contribution in [0.25, 0.3) is 22.6 Å². The largest absolute Gasteiger partial charge is 0.302 e. The smallest absolute Gasteiger partial charge is 0.236 e. The van der Waals surface area contributed by atoms with Crippen molar-refractivity contribution in [3.05, 3.63) is 64.2 Å². The van der Waals surface area contributed by atoms with Gasteiger partial charge in [-0.2, -0.15) is 0 Å². The summed E-state index contributed by atoms with van der Waals surface area (Å²) >= 11 is 6.09. The van der Waals surface area contributed by atoms with Crippen LogP contribution in [-0.4, -0.2) is 31.4 Å². The van der Waals surface area contributed by atoms with Gasteiger partial charge in [0, 0.05) is 27.5 Å². The summed E-state index contributed by atoms with van der Waals surface area (Å²) in [7, 11) is 0. The van der Waals surface area contributed by atoms with Gasteiger partial charge in [0.25, 0.3) is 0 Å². The lowest BCUT2D eigenvalue weighted by Gasteiger charge is -2.07. The highest BCUT2D eigenvalue weighted by atomic mass is 79.9. The fourth-order valence-corrected chi connectivity index (χ4v) is 4.67. The van der Waals surface area contributed by atoms with Crippen LogP contribution >= 0.6 is 39.0 Å². The van der Waals surface area contributed by atoms with E-state index in [0.29, 0.717) is 22.7 Å². The highest BCUT2D eigenvalue weighted by Gasteiger charge is 2.15. The first-order chi connectivity index (χ1) is 15.0. The van der Waals surface area contributed by atoms with Crippen molar-refractivity contribution in [1.82, 2.24) is 19.7 Å². The summed E-state index contributed by atoms with van der Waals surface area (Å²) in [6.07, 6.45) is 0. The molecule has 2 heterocycles. The molecular weight excluding hydrogens is 501 g/mol. The van der Waals surface area contributed by atoms with Gasteiger partial charge in [0.2, 0.25) is 5.91 Å². The van der Waals surface area contributed by atoms with Crippen LogP contribution in [0.1, 0.15) is 6.92 Å². The second kappa shape index (κ2) is 9.71. The van der Waals surface area contributed by atoms with Gasteiger partial charge < -0.3 is 9.88 Å². The summed E-state index contributed by atoms with van der Waals surface area (Å²) in [4.78, 5) is 16.9. The maximum Gasteiger partial charge on any atom is 0.236 e. The normalized spacial score (nSPS) is 10.9. The maximum absolute atomic E-state index is 13.2. The Balaban J connectivity index is 1.39. The second-order valence-corrected chi connectivity index (χ2v) is 9.16. The molecule has 1 N–H and O–H groups in total. The Bertz CT molecular complexity index is 1190. The lowest BCUT2D eigenvalue weighted by atomic mass is 10.2. The third-order valence-corrected chi connectivity index (χ3v) is 6.61. The van der Waals surface area contributed by atoms with Crippen molar-refractivity contribution in [2.45, 2.75) is 18.6 Å². The highest BCUT2D eigenvalue weighted by Crippen LogP contribution is 2.27. The number of nitrogens with zero attached hydrogens (tertiary/aromatic N) is 4. The van der Waals surface area contributed by atoms with Gasteiger partial charge in [-0.1, -0.05) is 39.8 Å². The molecule has 0 aliphatic heterocycles. The quantitative estimate of drug-likeness (QED) is 0.317. The van der Waals surface area contributed by atoms with E-state index in [1.165, 1.54) is 35.2 Å². The fraction of sp³-hybridized carbons (Fsp3) is 0.143. The van der Waals surface area contributed by atoms with Gasteiger partial charge in [-0.15, -0.1) is 21.5 Å². The molecule has 0 saturated carbocycles. The van der Waals surface area contributed by atoms with Crippen LogP contribution in [0.3, 0.4) is 0 Å². The average molecular weight is 518 g/mol. The van der Waals surface area contributed by atoms with Gasteiger partial charge in [0.1, 0.15) is 5.82 Å². The number of amides is 1. The molecule has 2 aromatic carbocycles. The van der Waals surface area contributed by atoms with Gasteiger partial charge in [-0.05, 0) is 43.3 Å². The minimum absolute atomic E-state index is 0.171. The van der Waals surface area contributed by atoms with Crippen molar-refractivity contribution in [3.63, 3.8) is 0 Å². The number of thiazole rings is 1. The zero-order valence-electron chi connectivity index (χ0n) is 16.4. The number of hydrogen-bond donors (Lipinski definition) is 1. The van der Waals surface area contributed by atoms with Crippen LogP contribution in [0.5, 0.6) is 0 Å². The molecule has 0 bridgehead atoms. The molecule has 4 rings (SSSR count). The van der Waals surface area contributed by atoms with E-state index in [1.54, 1.807) is 12.1 Å². The molecule has 2 aromatic heterocycles. The van der Waals surface area contributed by atoms with Crippen LogP contribution in [0.2, 0.25) is 0 Å². The van der Waals surface area contributed by atoms with E-state index in [0.717, 1.165) is 21.3 Å². The molecule has 0 atom stereocenters. The number of halogens is 2. The minimum atomic E-state index is -0.303. The van der Waals surface area contributed by atoms with E-state index < -0.39 is 0 Å². The second-order valence-electron chi connectivity index (χ2n) is 6.44. The summed E-state index contributed by atoms with van der Waals surface area (Å²) in [5.74, 6) is 0.345. The van der Waals surface area contributed by atoms with Gasteiger partial charge >= 0.3 is 0 Å². The summed E-state index contributed by atoms with van der Waals surface area (Å²) in [6.45, 7) is 2.60. The molecular formula is C21H17BrFN5OS2. The summed E-state index contributed by atoms with van der Waals surface area (Å²) in [5.41, 5.74) is 2.57. The molecule has 0 radical (unpaired) electrons. The number of anilines is 1. The first kappa shape index (κ1) is 21.7. The lowest BCUT2D eigenvalue weighted by Crippen LogP contribution is -2.14. The van der Waals surface area contributed by atoms with Crippen molar-refractivity contribution in [1.29, 1.82) is 0 Å². The Labute approximate surface area is 195 Å². The van der Waals surface area contributed by atoms with Crippen molar-refractivity contribution in [2.24, 2.45) is 0 Å². The van der Waals surface area contributed by atoms with Crippen LogP contribution < -0.4 is 5.32 Å². The predicted molar refractivity (Wildman–Crippen MR) is 126 cm³/mol. The average Bonchev–Trinajstić information content (AvgIpc) is 3.40. The number of rotatable bonds is 7. The van der Waals surface area contributed by atoms with Crippen molar-refractivity contribution < 1.29 is 9.18 Å². The fourth-order valence-electron chi connectivity index (χ4n) is 2.86. The monoisotopic (exact) mass is 517 g/mol. The van der Waals surface area contributed by atoms with Gasteiger partial charge in [0.15, 0.2) is 16.1 Å². The van der Waals surface area contributed by atoms with Crippen molar-refractivity contribution >= 4 is 50.1 Å². The van der Waals surface area contributed by atoms with Crippen LogP contribution in [-0.2, 0) is 11.3 Å². The Morgan fingerprint density at radius 1 is 1.13 bits per heavy atom. The molecule has 0 unspecified atom stereocenters. The summed E-state index contributed by atoms with van der Waals surface area (Å²) in [5, 5.41) is 14.3. The number of benzene rings is 2. The predicted octanol–water partition coefficient (Wildman–Crippen LogP) is 5.72. The number of carbonyl (C=O) groups excluding carboxylic acids is 1. The SMILES string of the molecule is CCn1c(SCC(=O)Nc2nc(-c3ccc(Br)cc3)cs2)nnc1-c1ccc(F)cc1. The van der Waals surface area contributed by atoms with E-state index in [4.69, 9.17) is 0 Å².